The Hall–Kier alpha value is -2.68. The summed E-state index contributed by atoms with van der Waals surface area (Å²) in [5.41, 5.74) is 4.02. The smallest absolute Gasteiger partial charge is 0.245 e. The first-order valence-electron chi connectivity index (χ1n) is 6.81. The Bertz CT molecular complexity index is 844. The van der Waals surface area contributed by atoms with E-state index in [0.29, 0.717) is 5.69 Å². The average Bonchev–Trinajstić information content (AvgIpc) is 2.88. The molecule has 3 aromatic rings. The number of ketones is 2. The monoisotopic (exact) mass is 277 g/mol. The third kappa shape index (κ3) is 2.17. The van der Waals surface area contributed by atoms with Gasteiger partial charge >= 0.3 is 0 Å². The average molecular weight is 277 g/mol. The van der Waals surface area contributed by atoms with Gasteiger partial charge in [0.1, 0.15) is 5.69 Å². The fraction of sp³-hybridized carbons (Fsp3) is 0.111. The zero-order valence-corrected chi connectivity index (χ0v) is 12.0. The van der Waals surface area contributed by atoms with Crippen LogP contribution in [0.25, 0.3) is 16.6 Å². The van der Waals surface area contributed by atoms with Crippen LogP contribution in [-0.4, -0.2) is 16.0 Å². The highest BCUT2D eigenvalue weighted by atomic mass is 16.2. The predicted octanol–water partition coefficient (Wildman–Crippen LogP) is 3.69. The van der Waals surface area contributed by atoms with Crippen LogP contribution in [0.5, 0.6) is 0 Å². The van der Waals surface area contributed by atoms with Crippen molar-refractivity contribution in [1.82, 2.24) is 4.40 Å². The van der Waals surface area contributed by atoms with Crippen molar-refractivity contribution in [3.8, 4) is 11.1 Å². The molecule has 1 aromatic carbocycles. The van der Waals surface area contributed by atoms with E-state index in [2.05, 4.69) is 0 Å². The molecule has 3 nitrogen and oxygen atoms in total. The fourth-order valence-corrected chi connectivity index (χ4v) is 2.62. The largest absolute Gasteiger partial charge is 0.310 e. The molecule has 104 valence electrons. The second-order valence-electron chi connectivity index (χ2n) is 5.09. The van der Waals surface area contributed by atoms with Crippen molar-refractivity contribution in [2.24, 2.45) is 0 Å². The van der Waals surface area contributed by atoms with Gasteiger partial charge in [0, 0.05) is 23.7 Å². The Morgan fingerprint density at radius 1 is 0.952 bits per heavy atom. The van der Waals surface area contributed by atoms with Crippen LogP contribution in [-0.2, 0) is 4.79 Å². The summed E-state index contributed by atoms with van der Waals surface area (Å²) in [6.45, 7) is 3.24. The summed E-state index contributed by atoms with van der Waals surface area (Å²) in [4.78, 5) is 24.0. The lowest BCUT2D eigenvalue weighted by Gasteiger charge is -2.07. The van der Waals surface area contributed by atoms with E-state index < -0.39 is 11.6 Å². The van der Waals surface area contributed by atoms with E-state index in [9.17, 15) is 9.59 Å². The maximum Gasteiger partial charge on any atom is 0.245 e. The summed E-state index contributed by atoms with van der Waals surface area (Å²) in [7, 11) is 0. The Kier molecular flexibility index (Phi) is 3.18. The van der Waals surface area contributed by atoms with Crippen molar-refractivity contribution >= 4 is 17.1 Å². The number of nitrogens with zero attached hydrogens (tertiary/aromatic N) is 1. The van der Waals surface area contributed by atoms with E-state index in [1.165, 1.54) is 6.92 Å². The molecular weight excluding hydrogens is 262 g/mol. The molecule has 2 aromatic heterocycles. The zero-order valence-electron chi connectivity index (χ0n) is 12.0. The van der Waals surface area contributed by atoms with Gasteiger partial charge in [0.2, 0.25) is 11.6 Å². The molecule has 0 saturated heterocycles. The van der Waals surface area contributed by atoms with E-state index in [1.807, 2.05) is 65.9 Å². The molecule has 3 heteroatoms. The van der Waals surface area contributed by atoms with Gasteiger partial charge in [-0.05, 0) is 30.7 Å². The van der Waals surface area contributed by atoms with Gasteiger partial charge in [-0.15, -0.1) is 0 Å². The number of Topliss-reactive ketones (excluding diaryl/α,β-unsaturated/α-hetero) is 2. The minimum atomic E-state index is -0.455. The van der Waals surface area contributed by atoms with Crippen LogP contribution >= 0.6 is 0 Å². The first-order valence-corrected chi connectivity index (χ1v) is 6.81. The highest BCUT2D eigenvalue weighted by molar-refractivity contribution is 6.43. The molecule has 3 rings (SSSR count). The number of benzene rings is 1. The van der Waals surface area contributed by atoms with Crippen LogP contribution in [0.1, 0.15) is 23.1 Å². The van der Waals surface area contributed by atoms with E-state index >= 15 is 0 Å². The van der Waals surface area contributed by atoms with Crippen molar-refractivity contribution in [2.45, 2.75) is 13.8 Å². The molecule has 0 aliphatic heterocycles. The molecule has 0 N–H and O–H groups in total. The number of carbonyl (C=O) groups excluding carboxylic acids is 2. The summed E-state index contributed by atoms with van der Waals surface area (Å²) >= 11 is 0. The molecule has 0 spiro atoms. The number of carbonyl (C=O) groups is 2. The highest BCUT2D eigenvalue weighted by Crippen LogP contribution is 2.29. The SMILES string of the molecule is CC(=O)C(=O)c1c(-c2ccccc2)cc2cccc(C)n12. The molecule has 0 fully saturated rings. The first kappa shape index (κ1) is 13.3. The van der Waals surface area contributed by atoms with Gasteiger partial charge < -0.3 is 4.40 Å². The summed E-state index contributed by atoms with van der Waals surface area (Å²) in [6.07, 6.45) is 0. The third-order valence-electron chi connectivity index (χ3n) is 3.61. The molecule has 0 amide bonds. The Labute approximate surface area is 122 Å². The normalized spacial score (nSPS) is 10.8. The second-order valence-corrected chi connectivity index (χ2v) is 5.09. The second kappa shape index (κ2) is 5.02. The standard InChI is InChI=1S/C18H15NO2/c1-12-7-6-10-15-11-16(14-8-4-3-5-9-14)17(19(12)15)18(21)13(2)20/h3-11H,1-2H3. The predicted molar refractivity (Wildman–Crippen MR) is 82.6 cm³/mol. The molecular formula is C18H15NO2. The molecule has 0 saturated carbocycles. The van der Waals surface area contributed by atoms with E-state index in [1.54, 1.807) is 0 Å². The summed E-state index contributed by atoms with van der Waals surface area (Å²) in [5.74, 6) is -0.904. The molecule has 0 radical (unpaired) electrons. The topological polar surface area (TPSA) is 38.5 Å². The van der Waals surface area contributed by atoms with Gasteiger partial charge in [-0.2, -0.15) is 0 Å². The van der Waals surface area contributed by atoms with Crippen LogP contribution in [0.2, 0.25) is 0 Å². The van der Waals surface area contributed by atoms with Gasteiger partial charge in [-0.25, -0.2) is 0 Å². The maximum absolute atomic E-state index is 12.4. The van der Waals surface area contributed by atoms with Gasteiger partial charge in [-0.3, -0.25) is 9.59 Å². The minimum Gasteiger partial charge on any atom is -0.310 e. The number of aryl methyl sites for hydroxylation is 1. The lowest BCUT2D eigenvalue weighted by molar-refractivity contribution is -0.113. The van der Waals surface area contributed by atoms with E-state index in [0.717, 1.165) is 22.3 Å². The van der Waals surface area contributed by atoms with Gasteiger partial charge in [-0.1, -0.05) is 36.4 Å². The number of hydrogen-bond acceptors (Lipinski definition) is 2. The molecule has 0 unspecified atom stereocenters. The quantitative estimate of drug-likeness (QED) is 0.541. The van der Waals surface area contributed by atoms with Crippen LogP contribution in [0.3, 0.4) is 0 Å². The molecule has 2 heterocycles. The lowest BCUT2D eigenvalue weighted by Crippen LogP contribution is -2.14. The molecule has 0 atom stereocenters. The van der Waals surface area contributed by atoms with Crippen molar-refractivity contribution in [1.29, 1.82) is 0 Å². The number of pyridine rings is 1. The van der Waals surface area contributed by atoms with Gasteiger partial charge in [0.05, 0.1) is 0 Å². The highest BCUT2D eigenvalue weighted by Gasteiger charge is 2.22. The fourth-order valence-electron chi connectivity index (χ4n) is 2.62. The maximum atomic E-state index is 12.4. The van der Waals surface area contributed by atoms with Crippen LogP contribution < -0.4 is 0 Å². The summed E-state index contributed by atoms with van der Waals surface area (Å²) < 4.78 is 1.85. The number of hydrogen-bond donors (Lipinski definition) is 0. The number of rotatable bonds is 3. The number of fused-ring (bicyclic) bond motifs is 1. The van der Waals surface area contributed by atoms with Gasteiger partial charge in [0.25, 0.3) is 0 Å². The molecule has 0 aliphatic rings. The number of aromatic nitrogens is 1. The van der Waals surface area contributed by atoms with Crippen molar-refractivity contribution in [3.63, 3.8) is 0 Å². The zero-order chi connectivity index (χ0) is 15.0. The van der Waals surface area contributed by atoms with Crippen molar-refractivity contribution in [3.05, 3.63) is 66.0 Å². The summed E-state index contributed by atoms with van der Waals surface area (Å²) in [6, 6.07) is 17.4. The third-order valence-corrected chi connectivity index (χ3v) is 3.61. The van der Waals surface area contributed by atoms with Crippen molar-refractivity contribution < 1.29 is 9.59 Å². The first-order chi connectivity index (χ1) is 10.1. The Morgan fingerprint density at radius 3 is 2.33 bits per heavy atom. The molecule has 0 bridgehead atoms. The summed E-state index contributed by atoms with van der Waals surface area (Å²) in [5, 5.41) is 0. The molecule has 0 aliphatic carbocycles. The minimum absolute atomic E-state index is 0.446. The van der Waals surface area contributed by atoms with E-state index in [-0.39, 0.29) is 0 Å². The molecule has 21 heavy (non-hydrogen) atoms. The van der Waals surface area contributed by atoms with Crippen LogP contribution in [0.15, 0.2) is 54.6 Å². The lowest BCUT2D eigenvalue weighted by atomic mass is 10.0. The Balaban J connectivity index is 2.40. The van der Waals surface area contributed by atoms with E-state index in [4.69, 9.17) is 0 Å². The Morgan fingerprint density at radius 2 is 1.67 bits per heavy atom. The van der Waals surface area contributed by atoms with Crippen LogP contribution in [0, 0.1) is 6.92 Å². The van der Waals surface area contributed by atoms with Gasteiger partial charge in [0.15, 0.2) is 0 Å². The van der Waals surface area contributed by atoms with Crippen LogP contribution in [0.4, 0.5) is 0 Å². The van der Waals surface area contributed by atoms with Crippen molar-refractivity contribution in [2.75, 3.05) is 0 Å².